The van der Waals surface area contributed by atoms with E-state index in [1.807, 2.05) is 30.3 Å². The predicted octanol–water partition coefficient (Wildman–Crippen LogP) is 4.31. The summed E-state index contributed by atoms with van der Waals surface area (Å²) in [6.45, 7) is 1.33. The number of nitro benzene ring substituents is 1. The maximum absolute atomic E-state index is 11.3. The average molecular weight is 340 g/mol. The molecule has 1 heterocycles. The van der Waals surface area contributed by atoms with Crippen molar-refractivity contribution in [2.24, 2.45) is 0 Å². The fraction of sp³-hybridized carbons (Fsp3) is 0.0588. The second-order valence-electron chi connectivity index (χ2n) is 4.92. The molecule has 0 fully saturated rings. The monoisotopic (exact) mass is 340 g/mol. The number of hydrogen-bond donors (Lipinski definition) is 0. The number of ether oxygens (including phenoxy) is 1. The molecule has 0 saturated carbocycles. The van der Waals surface area contributed by atoms with Gasteiger partial charge in [-0.25, -0.2) is 4.98 Å². The minimum absolute atomic E-state index is 0.0128. The highest BCUT2D eigenvalue weighted by atomic mass is 32.1. The van der Waals surface area contributed by atoms with Gasteiger partial charge < -0.3 is 4.74 Å². The van der Waals surface area contributed by atoms with E-state index < -0.39 is 10.9 Å². The van der Waals surface area contributed by atoms with Gasteiger partial charge >= 0.3 is 5.97 Å². The lowest BCUT2D eigenvalue weighted by molar-refractivity contribution is -0.384. The van der Waals surface area contributed by atoms with Crippen LogP contribution in [-0.4, -0.2) is 15.9 Å². The van der Waals surface area contributed by atoms with Crippen LogP contribution < -0.4 is 4.74 Å². The van der Waals surface area contributed by atoms with Crippen LogP contribution in [0.2, 0.25) is 0 Å². The minimum Gasteiger partial charge on any atom is -0.413 e. The second-order valence-corrected chi connectivity index (χ2v) is 5.88. The zero-order valence-electron chi connectivity index (χ0n) is 12.6. The summed E-state index contributed by atoms with van der Waals surface area (Å²) >= 11 is 1.23. The third kappa shape index (κ3) is 3.31. The number of nitro groups is 1. The summed E-state index contributed by atoms with van der Waals surface area (Å²) in [7, 11) is 0. The fourth-order valence-corrected chi connectivity index (χ4v) is 3.12. The van der Waals surface area contributed by atoms with E-state index in [9.17, 15) is 14.9 Å². The molecule has 0 amide bonds. The number of carbonyl (C=O) groups is 1. The molecule has 0 aliphatic heterocycles. The Morgan fingerprint density at radius 3 is 2.33 bits per heavy atom. The van der Waals surface area contributed by atoms with Crippen LogP contribution in [0.1, 0.15) is 6.92 Å². The van der Waals surface area contributed by atoms with E-state index in [0.717, 1.165) is 11.1 Å². The zero-order valence-corrected chi connectivity index (χ0v) is 13.4. The Bertz CT molecular complexity index is 889. The molecule has 0 aliphatic carbocycles. The van der Waals surface area contributed by atoms with Crippen molar-refractivity contribution >= 4 is 23.0 Å². The van der Waals surface area contributed by atoms with Gasteiger partial charge in [0.15, 0.2) is 0 Å². The smallest absolute Gasteiger partial charge is 0.308 e. The molecular weight excluding hydrogens is 328 g/mol. The molecule has 0 atom stereocenters. The summed E-state index contributed by atoms with van der Waals surface area (Å²) in [5.41, 5.74) is 2.14. The standard InChI is InChI=1S/C17H12N2O4S/c1-11(20)23-17-15(12-5-3-2-4-6-12)18-16(24-17)13-7-9-14(10-8-13)19(21)22/h2-10H,1H3. The summed E-state index contributed by atoms with van der Waals surface area (Å²) in [5, 5.41) is 11.8. The summed E-state index contributed by atoms with van der Waals surface area (Å²) in [6.07, 6.45) is 0. The van der Waals surface area contributed by atoms with Crippen LogP contribution in [0.15, 0.2) is 54.6 Å². The predicted molar refractivity (Wildman–Crippen MR) is 90.9 cm³/mol. The molecule has 0 bridgehead atoms. The molecular formula is C17H12N2O4S. The summed E-state index contributed by atoms with van der Waals surface area (Å²) in [5.74, 6) is -0.425. The normalized spacial score (nSPS) is 10.4. The maximum atomic E-state index is 11.3. The van der Waals surface area contributed by atoms with E-state index >= 15 is 0 Å². The Labute approximate surface area is 141 Å². The van der Waals surface area contributed by atoms with Gasteiger partial charge in [0, 0.05) is 30.2 Å². The van der Waals surface area contributed by atoms with Gasteiger partial charge in [0.2, 0.25) is 5.06 Å². The highest BCUT2D eigenvalue weighted by Gasteiger charge is 2.17. The third-order valence-corrected chi connectivity index (χ3v) is 4.19. The Morgan fingerprint density at radius 1 is 1.08 bits per heavy atom. The van der Waals surface area contributed by atoms with E-state index in [0.29, 0.717) is 15.8 Å². The second kappa shape index (κ2) is 6.59. The van der Waals surface area contributed by atoms with Crippen molar-refractivity contribution in [1.29, 1.82) is 0 Å². The number of nitrogens with zero attached hydrogens (tertiary/aromatic N) is 2. The molecule has 0 aliphatic rings. The number of aromatic nitrogens is 1. The highest BCUT2D eigenvalue weighted by molar-refractivity contribution is 7.17. The minimum atomic E-state index is -0.453. The van der Waals surface area contributed by atoms with Gasteiger partial charge in [-0.1, -0.05) is 41.7 Å². The fourth-order valence-electron chi connectivity index (χ4n) is 2.13. The topological polar surface area (TPSA) is 82.3 Å². The van der Waals surface area contributed by atoms with Crippen molar-refractivity contribution in [2.75, 3.05) is 0 Å². The van der Waals surface area contributed by atoms with E-state index in [-0.39, 0.29) is 5.69 Å². The van der Waals surface area contributed by atoms with Crippen LogP contribution in [0.5, 0.6) is 5.06 Å². The summed E-state index contributed by atoms with van der Waals surface area (Å²) in [4.78, 5) is 26.2. The van der Waals surface area contributed by atoms with Crippen molar-refractivity contribution in [3.05, 3.63) is 64.7 Å². The Morgan fingerprint density at radius 2 is 1.75 bits per heavy atom. The maximum Gasteiger partial charge on any atom is 0.308 e. The van der Waals surface area contributed by atoms with Crippen molar-refractivity contribution in [2.45, 2.75) is 6.92 Å². The van der Waals surface area contributed by atoms with Gasteiger partial charge in [-0.2, -0.15) is 0 Å². The molecule has 120 valence electrons. The third-order valence-electron chi connectivity index (χ3n) is 3.20. The summed E-state index contributed by atoms with van der Waals surface area (Å²) in [6, 6.07) is 15.5. The van der Waals surface area contributed by atoms with Gasteiger partial charge in [0.25, 0.3) is 5.69 Å². The van der Waals surface area contributed by atoms with Crippen LogP contribution in [0.3, 0.4) is 0 Å². The largest absolute Gasteiger partial charge is 0.413 e. The zero-order chi connectivity index (χ0) is 17.1. The molecule has 0 unspecified atom stereocenters. The van der Waals surface area contributed by atoms with Crippen molar-refractivity contribution in [3.63, 3.8) is 0 Å². The van der Waals surface area contributed by atoms with Crippen LogP contribution in [0.25, 0.3) is 21.8 Å². The number of carbonyl (C=O) groups excluding carboxylic acids is 1. The molecule has 2 aromatic carbocycles. The lowest BCUT2D eigenvalue weighted by Gasteiger charge is -2.00. The lowest BCUT2D eigenvalue weighted by Crippen LogP contribution is -2.00. The van der Waals surface area contributed by atoms with Gasteiger partial charge in [0.05, 0.1) is 4.92 Å². The number of rotatable bonds is 4. The highest BCUT2D eigenvalue weighted by Crippen LogP contribution is 2.40. The van der Waals surface area contributed by atoms with Crippen LogP contribution in [0, 0.1) is 10.1 Å². The first kappa shape index (κ1) is 15.8. The quantitative estimate of drug-likeness (QED) is 0.401. The molecule has 3 aromatic rings. The number of non-ortho nitro benzene ring substituents is 1. The Hall–Kier alpha value is -3.06. The van der Waals surface area contributed by atoms with Crippen molar-refractivity contribution in [3.8, 4) is 26.9 Å². The molecule has 24 heavy (non-hydrogen) atoms. The molecule has 0 N–H and O–H groups in total. The van der Waals surface area contributed by atoms with Crippen LogP contribution >= 0.6 is 11.3 Å². The van der Waals surface area contributed by atoms with Gasteiger partial charge in [-0.15, -0.1) is 0 Å². The van der Waals surface area contributed by atoms with E-state index in [4.69, 9.17) is 4.74 Å². The molecule has 0 spiro atoms. The number of thiazole rings is 1. The first-order chi connectivity index (χ1) is 11.5. The van der Waals surface area contributed by atoms with Crippen LogP contribution in [0.4, 0.5) is 5.69 Å². The molecule has 0 radical (unpaired) electrons. The Balaban J connectivity index is 2.04. The van der Waals surface area contributed by atoms with E-state index in [2.05, 4.69) is 4.98 Å². The van der Waals surface area contributed by atoms with Crippen LogP contribution in [-0.2, 0) is 4.79 Å². The number of benzene rings is 2. The van der Waals surface area contributed by atoms with E-state index in [1.165, 1.54) is 30.4 Å². The van der Waals surface area contributed by atoms with Gasteiger partial charge in [0.1, 0.15) is 10.7 Å². The molecule has 3 rings (SSSR count). The van der Waals surface area contributed by atoms with Gasteiger partial charge in [-0.3, -0.25) is 14.9 Å². The first-order valence-electron chi connectivity index (χ1n) is 7.04. The Kier molecular flexibility index (Phi) is 4.35. The summed E-state index contributed by atoms with van der Waals surface area (Å²) < 4.78 is 5.27. The van der Waals surface area contributed by atoms with Crippen molar-refractivity contribution < 1.29 is 14.5 Å². The number of hydrogen-bond acceptors (Lipinski definition) is 6. The molecule has 6 nitrogen and oxygen atoms in total. The van der Waals surface area contributed by atoms with Gasteiger partial charge in [-0.05, 0) is 12.1 Å². The lowest BCUT2D eigenvalue weighted by atomic mass is 10.1. The first-order valence-corrected chi connectivity index (χ1v) is 7.86. The molecule has 7 heteroatoms. The molecule has 1 aromatic heterocycles. The molecule has 0 saturated heterocycles. The number of esters is 1. The average Bonchev–Trinajstić information content (AvgIpc) is 2.99. The van der Waals surface area contributed by atoms with E-state index in [1.54, 1.807) is 12.1 Å². The SMILES string of the molecule is CC(=O)Oc1sc(-c2ccc([N+](=O)[O-])cc2)nc1-c1ccccc1. The van der Waals surface area contributed by atoms with Crippen molar-refractivity contribution in [1.82, 2.24) is 4.98 Å².